The molecular weight excluding hydrogens is 736 g/mol. The van der Waals surface area contributed by atoms with Crippen LogP contribution in [0.4, 0.5) is 0 Å². The first-order valence-corrected chi connectivity index (χ1v) is 15.6. The molecule has 0 rings (SSSR count). The Morgan fingerprint density at radius 3 is 1.40 bits per heavy atom. The monoisotopic (exact) mass is 794 g/mol. The number of nitrogens with one attached hydrogen (secondary N) is 6. The van der Waals surface area contributed by atoms with Gasteiger partial charge in [0.15, 0.2) is 0 Å². The molecule has 0 aliphatic heterocycles. The summed E-state index contributed by atoms with van der Waals surface area (Å²) in [6, 6.07) is -0.833. The molecule has 0 fully saturated rings. The Bertz CT molecular complexity index is 911. The molecule has 0 saturated heterocycles. The number of carbonyl (C=O) groups is 6. The van der Waals surface area contributed by atoms with Gasteiger partial charge in [0.25, 0.3) is 0 Å². The van der Waals surface area contributed by atoms with Crippen molar-refractivity contribution in [2.45, 2.75) is 46.6 Å². The van der Waals surface area contributed by atoms with E-state index >= 15 is 0 Å². The maximum atomic E-state index is 12.8. The fourth-order valence-corrected chi connectivity index (χ4v) is 3.45. The largest absolute Gasteiger partial charge is 0.377 e. The van der Waals surface area contributed by atoms with Crippen molar-refractivity contribution in [2.24, 2.45) is 0 Å². The zero-order valence-corrected chi connectivity index (χ0v) is 31.9. The van der Waals surface area contributed by atoms with Crippen molar-refractivity contribution in [3.8, 4) is 0 Å². The van der Waals surface area contributed by atoms with Crippen LogP contribution < -0.4 is 31.9 Å². The van der Waals surface area contributed by atoms with Crippen LogP contribution in [0.15, 0.2) is 0 Å². The number of rotatable bonds is 31. The number of ether oxygens (including phenoxy) is 6. The van der Waals surface area contributed by atoms with E-state index in [0.717, 1.165) is 0 Å². The molecule has 1 unspecified atom stereocenters. The maximum Gasteiger partial charge on any atom is 0.246 e. The third kappa shape index (κ3) is 38.5. The van der Waals surface area contributed by atoms with Crippen LogP contribution in [0.5, 0.6) is 0 Å². The molecule has 0 aromatic rings. The van der Waals surface area contributed by atoms with Gasteiger partial charge in [0.1, 0.15) is 25.9 Å². The van der Waals surface area contributed by atoms with Gasteiger partial charge in [0, 0.05) is 88.2 Å². The van der Waals surface area contributed by atoms with Crippen molar-refractivity contribution in [1.29, 1.82) is 0 Å². The van der Waals surface area contributed by atoms with E-state index in [1.807, 2.05) is 0 Å². The molecule has 20 heteroatoms. The molecule has 0 spiro atoms. The molecule has 6 amide bonds. The summed E-state index contributed by atoms with van der Waals surface area (Å²) in [5, 5.41) is 15.8. The summed E-state index contributed by atoms with van der Waals surface area (Å²) in [5.41, 5.74) is 0. The number of unbranched alkanes of at least 4 members (excludes halogenated alkanes) is 1. The molecule has 6 N–H and O–H groups in total. The van der Waals surface area contributed by atoms with Crippen LogP contribution >= 0.6 is 0 Å². The fourth-order valence-electron chi connectivity index (χ4n) is 3.45. The molecule has 18 nitrogen and oxygen atoms in total. The molecule has 0 aliphatic carbocycles. The van der Waals surface area contributed by atoms with Crippen LogP contribution in [-0.4, -0.2) is 162 Å². The first-order chi connectivity index (χ1) is 22.6. The summed E-state index contributed by atoms with van der Waals surface area (Å²) in [6.07, 6.45) is 1.41. The molecule has 286 valence electrons. The second-order valence-electron chi connectivity index (χ2n) is 9.89. The number of carbonyl (C=O) groups excluding carboxylic acids is 6. The molecule has 0 aliphatic rings. The topological polar surface area (TPSA) is 230 Å². The quantitative estimate of drug-likeness (QED) is 0.0310. The third-order valence-corrected chi connectivity index (χ3v) is 5.77. The zero-order valence-electron chi connectivity index (χ0n) is 29.1. The normalized spacial score (nSPS) is 10.6. The van der Waals surface area contributed by atoms with Crippen LogP contribution in [0.25, 0.3) is 0 Å². The Hall–Kier alpha value is -2.25. The van der Waals surface area contributed by atoms with E-state index in [0.29, 0.717) is 58.7 Å². The van der Waals surface area contributed by atoms with Gasteiger partial charge in [0.05, 0.1) is 59.5 Å². The summed E-state index contributed by atoms with van der Waals surface area (Å²) in [6.45, 7) is 5.95. The van der Waals surface area contributed by atoms with Gasteiger partial charge >= 0.3 is 0 Å². The molecule has 50 heavy (non-hydrogen) atoms. The van der Waals surface area contributed by atoms with E-state index in [2.05, 4.69) is 31.9 Å². The van der Waals surface area contributed by atoms with Crippen molar-refractivity contribution < 1.29 is 89.9 Å². The van der Waals surface area contributed by atoms with Crippen LogP contribution in [0.2, 0.25) is 0 Å². The number of hydrogen-bond acceptors (Lipinski definition) is 12. The van der Waals surface area contributed by atoms with E-state index in [1.165, 1.54) is 20.9 Å². The van der Waals surface area contributed by atoms with Crippen LogP contribution in [0.1, 0.15) is 40.5 Å². The Kier molecular flexibility index (Phi) is 43.1. The minimum atomic E-state index is -0.833. The number of likely N-dealkylation sites (N-methyl/N-ethyl adjacent to an activating group) is 1. The van der Waals surface area contributed by atoms with Gasteiger partial charge in [0.2, 0.25) is 35.4 Å². The fraction of sp³-hybridized carbons (Fsp3) is 0.800. The predicted octanol–water partition coefficient (Wildman–Crippen LogP) is -2.76. The molecular formula is C30H58BN6O12Y. The molecule has 0 aromatic carbocycles. The average Bonchev–Trinajstić information content (AvgIpc) is 3.03. The van der Waals surface area contributed by atoms with Crippen molar-refractivity contribution in [3.63, 3.8) is 0 Å². The molecule has 4 radical (unpaired) electrons. The SMILES string of the molecule is C.CNC(=O)COCCOCCNC(=O)C(CCCCNC(=O)COCCOCCNC(C)=O)NC(=O)COCCOCCNC(C)=O.[B].[Y]. The van der Waals surface area contributed by atoms with E-state index in [9.17, 15) is 28.8 Å². The summed E-state index contributed by atoms with van der Waals surface area (Å²) in [5.74, 6) is -1.68. The van der Waals surface area contributed by atoms with Crippen LogP contribution in [0.3, 0.4) is 0 Å². The van der Waals surface area contributed by atoms with Gasteiger partial charge in [-0.15, -0.1) is 0 Å². The predicted molar refractivity (Wildman–Crippen MR) is 181 cm³/mol. The summed E-state index contributed by atoms with van der Waals surface area (Å²) < 4.78 is 31.7. The maximum absolute atomic E-state index is 12.8. The first-order valence-electron chi connectivity index (χ1n) is 15.6. The van der Waals surface area contributed by atoms with Crippen molar-refractivity contribution in [3.05, 3.63) is 0 Å². The van der Waals surface area contributed by atoms with Gasteiger partial charge < -0.3 is 60.3 Å². The minimum absolute atomic E-state index is 0. The Labute approximate surface area is 323 Å². The average molecular weight is 795 g/mol. The number of amides is 6. The summed E-state index contributed by atoms with van der Waals surface area (Å²) in [4.78, 5) is 70.0. The second kappa shape index (κ2) is 39.5. The van der Waals surface area contributed by atoms with Gasteiger partial charge in [-0.1, -0.05) is 7.43 Å². The molecule has 0 bridgehead atoms. The van der Waals surface area contributed by atoms with Crippen molar-refractivity contribution in [1.82, 2.24) is 31.9 Å². The Balaban J connectivity index is -0.00000353. The van der Waals surface area contributed by atoms with Gasteiger partial charge in [-0.2, -0.15) is 0 Å². The zero-order chi connectivity index (χ0) is 35.0. The first kappa shape index (κ1) is 54.5. The standard InChI is InChI=1S/C29H54N6O12.CH4.B.Y/c1-23(36)31-8-11-42-15-18-46-21-27(39)33-7-5-4-6-25(29(41)34-10-13-44-14-17-45-20-26(38)30-3)35-28(40)22-47-19-16-43-12-9-32-24(2)37;;;/h25H,4-22H2,1-3H3,(H,30,38)(H,31,36)(H,32,37)(H,33,39)(H,34,41)(H,35,40);1H4;;. The van der Waals surface area contributed by atoms with E-state index < -0.39 is 17.9 Å². The van der Waals surface area contributed by atoms with E-state index in [4.69, 9.17) is 28.4 Å². The van der Waals surface area contributed by atoms with Gasteiger partial charge in [-0.25, -0.2) is 0 Å². The van der Waals surface area contributed by atoms with Gasteiger partial charge in [-0.05, 0) is 19.3 Å². The van der Waals surface area contributed by atoms with Crippen LogP contribution in [0, 0.1) is 0 Å². The number of hydrogen-bond donors (Lipinski definition) is 6. The second-order valence-corrected chi connectivity index (χ2v) is 9.89. The molecule has 0 aromatic heterocycles. The third-order valence-electron chi connectivity index (χ3n) is 5.77. The Morgan fingerprint density at radius 2 is 0.940 bits per heavy atom. The Morgan fingerprint density at radius 1 is 0.520 bits per heavy atom. The van der Waals surface area contributed by atoms with E-state index in [1.54, 1.807) is 0 Å². The molecule has 0 saturated carbocycles. The molecule has 1 atom stereocenters. The van der Waals surface area contributed by atoms with Crippen molar-refractivity contribution in [2.75, 3.05) is 113 Å². The summed E-state index contributed by atoms with van der Waals surface area (Å²) >= 11 is 0. The molecule has 0 heterocycles. The van der Waals surface area contributed by atoms with E-state index in [-0.39, 0.29) is 138 Å². The minimum Gasteiger partial charge on any atom is -0.377 e. The van der Waals surface area contributed by atoms with Gasteiger partial charge in [-0.3, -0.25) is 28.8 Å². The van der Waals surface area contributed by atoms with Crippen molar-refractivity contribution >= 4 is 43.9 Å². The summed E-state index contributed by atoms with van der Waals surface area (Å²) in [7, 11) is 1.51. The smallest absolute Gasteiger partial charge is 0.246 e. The van der Waals surface area contributed by atoms with Crippen LogP contribution in [-0.2, 0) is 89.9 Å².